The molecule has 2 N–H and O–H groups in total. The Morgan fingerprint density at radius 2 is 1.27 bits per heavy atom. The first-order chi connectivity index (χ1) is 14.6. The standard InChI is InChI=1S/C23H30N2O3S2/c26-19-4-8-21(9-5-19)29-16-14-24(18-23(28)25-12-2-1-3-13-25)15-17-30-22-10-6-20(27)7-11-22/h4-11,26-27H,1-3,12-18H2. The number of hydrogen-bond acceptors (Lipinski definition) is 6. The summed E-state index contributed by atoms with van der Waals surface area (Å²) in [6.45, 7) is 3.91. The van der Waals surface area contributed by atoms with Crippen molar-refractivity contribution in [2.45, 2.75) is 29.1 Å². The molecule has 0 atom stereocenters. The highest BCUT2D eigenvalue weighted by Crippen LogP contribution is 2.22. The van der Waals surface area contributed by atoms with Crippen molar-refractivity contribution < 1.29 is 15.0 Å². The highest BCUT2D eigenvalue weighted by Gasteiger charge is 2.19. The second-order valence-electron chi connectivity index (χ2n) is 7.40. The van der Waals surface area contributed by atoms with Gasteiger partial charge in [-0.1, -0.05) is 0 Å². The number of aromatic hydroxyl groups is 2. The summed E-state index contributed by atoms with van der Waals surface area (Å²) in [6, 6.07) is 14.5. The number of nitrogens with zero attached hydrogens (tertiary/aromatic N) is 2. The zero-order valence-electron chi connectivity index (χ0n) is 17.2. The van der Waals surface area contributed by atoms with Gasteiger partial charge in [-0.25, -0.2) is 0 Å². The van der Waals surface area contributed by atoms with Crippen LogP contribution in [0.5, 0.6) is 11.5 Å². The van der Waals surface area contributed by atoms with Crippen molar-refractivity contribution in [2.75, 3.05) is 44.2 Å². The van der Waals surface area contributed by atoms with Gasteiger partial charge >= 0.3 is 0 Å². The summed E-state index contributed by atoms with van der Waals surface area (Å²) < 4.78 is 0. The van der Waals surface area contributed by atoms with Gasteiger partial charge in [-0.05, 0) is 67.8 Å². The fourth-order valence-electron chi connectivity index (χ4n) is 3.37. The van der Waals surface area contributed by atoms with E-state index in [0.29, 0.717) is 6.54 Å². The molecule has 0 bridgehead atoms. The fraction of sp³-hybridized carbons (Fsp3) is 0.435. The van der Waals surface area contributed by atoms with E-state index in [9.17, 15) is 15.0 Å². The molecule has 162 valence electrons. The van der Waals surface area contributed by atoms with Crippen LogP contribution in [0.3, 0.4) is 0 Å². The van der Waals surface area contributed by atoms with Gasteiger partial charge in [0.2, 0.25) is 5.91 Å². The van der Waals surface area contributed by atoms with E-state index in [2.05, 4.69) is 4.90 Å². The Bertz CT molecular complexity index is 727. The number of carbonyl (C=O) groups excluding carboxylic acids is 1. The first kappa shape index (κ1) is 22.8. The molecule has 5 nitrogen and oxygen atoms in total. The Kier molecular flexibility index (Phi) is 9.24. The largest absolute Gasteiger partial charge is 0.508 e. The van der Waals surface area contributed by atoms with Crippen LogP contribution in [0.2, 0.25) is 0 Å². The van der Waals surface area contributed by atoms with Crippen molar-refractivity contribution in [3.05, 3.63) is 48.5 Å². The number of phenols is 2. The van der Waals surface area contributed by atoms with Gasteiger partial charge in [0, 0.05) is 47.5 Å². The van der Waals surface area contributed by atoms with E-state index in [4.69, 9.17) is 0 Å². The van der Waals surface area contributed by atoms with Crippen molar-refractivity contribution in [2.24, 2.45) is 0 Å². The predicted molar refractivity (Wildman–Crippen MR) is 125 cm³/mol. The summed E-state index contributed by atoms with van der Waals surface area (Å²) in [6.07, 6.45) is 3.44. The molecule has 1 heterocycles. The average Bonchev–Trinajstić information content (AvgIpc) is 2.77. The van der Waals surface area contributed by atoms with Crippen LogP contribution in [-0.2, 0) is 4.79 Å². The van der Waals surface area contributed by atoms with Crippen LogP contribution >= 0.6 is 23.5 Å². The molecule has 0 aromatic heterocycles. The molecule has 0 spiro atoms. The van der Waals surface area contributed by atoms with Crippen LogP contribution in [0.25, 0.3) is 0 Å². The number of amides is 1. The number of phenolic OH excluding ortho intramolecular Hbond substituents is 2. The second-order valence-corrected chi connectivity index (χ2v) is 9.74. The van der Waals surface area contributed by atoms with E-state index in [1.165, 1.54) is 6.42 Å². The number of benzene rings is 2. The van der Waals surface area contributed by atoms with Crippen molar-refractivity contribution in [1.29, 1.82) is 0 Å². The van der Waals surface area contributed by atoms with Gasteiger partial charge in [-0.15, -0.1) is 23.5 Å². The number of rotatable bonds is 10. The number of piperidine rings is 1. The molecule has 1 aliphatic heterocycles. The van der Waals surface area contributed by atoms with Crippen molar-refractivity contribution in [3.63, 3.8) is 0 Å². The monoisotopic (exact) mass is 446 g/mol. The third-order valence-corrected chi connectivity index (χ3v) is 7.08. The van der Waals surface area contributed by atoms with Crippen LogP contribution in [-0.4, -0.2) is 70.1 Å². The van der Waals surface area contributed by atoms with E-state index >= 15 is 0 Å². The summed E-state index contributed by atoms with van der Waals surface area (Å²) in [5, 5.41) is 18.8. The highest BCUT2D eigenvalue weighted by atomic mass is 32.2. The van der Waals surface area contributed by atoms with Crippen LogP contribution in [0, 0.1) is 0 Å². The smallest absolute Gasteiger partial charge is 0.236 e. The third kappa shape index (κ3) is 7.78. The lowest BCUT2D eigenvalue weighted by Gasteiger charge is -2.30. The minimum Gasteiger partial charge on any atom is -0.508 e. The molecule has 1 fully saturated rings. The fourth-order valence-corrected chi connectivity index (χ4v) is 5.20. The molecule has 7 heteroatoms. The molecule has 3 rings (SSSR count). The van der Waals surface area contributed by atoms with Crippen LogP contribution in [0.15, 0.2) is 58.3 Å². The van der Waals surface area contributed by atoms with E-state index in [0.717, 1.165) is 60.3 Å². The first-order valence-corrected chi connectivity index (χ1v) is 12.4. The molecule has 1 amide bonds. The normalized spacial score (nSPS) is 14.2. The van der Waals surface area contributed by atoms with Crippen molar-refractivity contribution in [1.82, 2.24) is 9.80 Å². The maximum absolute atomic E-state index is 12.8. The number of carbonyl (C=O) groups is 1. The molecular formula is C23H30N2O3S2. The Balaban J connectivity index is 1.50. The molecule has 1 saturated heterocycles. The maximum atomic E-state index is 12.8. The lowest BCUT2D eigenvalue weighted by molar-refractivity contribution is -0.133. The second kappa shape index (κ2) is 12.1. The molecule has 0 saturated carbocycles. The summed E-state index contributed by atoms with van der Waals surface area (Å²) in [5.41, 5.74) is 0. The van der Waals surface area contributed by atoms with Gasteiger partial charge < -0.3 is 15.1 Å². The van der Waals surface area contributed by atoms with E-state index in [-0.39, 0.29) is 17.4 Å². The third-order valence-electron chi connectivity index (χ3n) is 5.09. The Morgan fingerprint density at radius 1 is 0.800 bits per heavy atom. The summed E-state index contributed by atoms with van der Waals surface area (Å²) in [5.74, 6) is 2.57. The molecule has 2 aromatic rings. The number of likely N-dealkylation sites (tertiary alicyclic amines) is 1. The van der Waals surface area contributed by atoms with Gasteiger partial charge in [0.25, 0.3) is 0 Å². The molecule has 30 heavy (non-hydrogen) atoms. The summed E-state index contributed by atoms with van der Waals surface area (Å²) in [4.78, 5) is 19.3. The van der Waals surface area contributed by atoms with Crippen LogP contribution in [0.4, 0.5) is 0 Å². The lowest BCUT2D eigenvalue weighted by atomic mass is 10.1. The van der Waals surface area contributed by atoms with Crippen molar-refractivity contribution >= 4 is 29.4 Å². The zero-order valence-corrected chi connectivity index (χ0v) is 18.8. The van der Waals surface area contributed by atoms with E-state index < -0.39 is 0 Å². The summed E-state index contributed by atoms with van der Waals surface area (Å²) in [7, 11) is 0. The van der Waals surface area contributed by atoms with Crippen LogP contribution < -0.4 is 0 Å². The minimum atomic E-state index is 0.235. The summed E-state index contributed by atoms with van der Waals surface area (Å²) >= 11 is 3.48. The Labute approximate surface area is 187 Å². The number of hydrogen-bond donors (Lipinski definition) is 2. The first-order valence-electron chi connectivity index (χ1n) is 10.4. The molecular weight excluding hydrogens is 416 g/mol. The SMILES string of the molecule is O=C(CN(CCSc1ccc(O)cc1)CCSc1ccc(O)cc1)N1CCCCC1. The molecule has 1 aliphatic rings. The van der Waals surface area contributed by atoms with Gasteiger partial charge in [0.05, 0.1) is 6.54 Å². The Morgan fingerprint density at radius 3 is 1.73 bits per heavy atom. The minimum absolute atomic E-state index is 0.235. The van der Waals surface area contributed by atoms with Crippen LogP contribution in [0.1, 0.15) is 19.3 Å². The van der Waals surface area contributed by atoms with Gasteiger partial charge in [0.1, 0.15) is 11.5 Å². The van der Waals surface area contributed by atoms with Crippen molar-refractivity contribution in [3.8, 4) is 11.5 Å². The maximum Gasteiger partial charge on any atom is 0.236 e. The topological polar surface area (TPSA) is 64.0 Å². The quantitative estimate of drug-likeness (QED) is 0.531. The van der Waals surface area contributed by atoms with E-state index in [1.807, 2.05) is 29.2 Å². The predicted octanol–water partition coefficient (Wildman–Crippen LogP) is 4.30. The number of thioether (sulfide) groups is 2. The highest BCUT2D eigenvalue weighted by molar-refractivity contribution is 7.99. The average molecular weight is 447 g/mol. The lowest BCUT2D eigenvalue weighted by Crippen LogP contribution is -2.44. The molecule has 0 aliphatic carbocycles. The molecule has 2 aromatic carbocycles. The zero-order chi connectivity index (χ0) is 21.2. The Hall–Kier alpha value is -1.83. The molecule has 0 radical (unpaired) electrons. The van der Waals surface area contributed by atoms with Gasteiger partial charge in [0.15, 0.2) is 0 Å². The van der Waals surface area contributed by atoms with E-state index in [1.54, 1.807) is 47.8 Å². The van der Waals surface area contributed by atoms with Gasteiger partial charge in [-0.3, -0.25) is 9.69 Å². The molecule has 0 unspecified atom stereocenters. The van der Waals surface area contributed by atoms with Gasteiger partial charge in [-0.2, -0.15) is 0 Å².